The van der Waals surface area contributed by atoms with Crippen LogP contribution in [0.1, 0.15) is 31.7 Å². The first-order chi connectivity index (χ1) is 17.2. The smallest absolute Gasteiger partial charge is 0.158 e. The summed E-state index contributed by atoms with van der Waals surface area (Å²) in [7, 11) is 0. The fourth-order valence-electron chi connectivity index (χ4n) is 3.81. The Bertz CT molecular complexity index is 1260. The summed E-state index contributed by atoms with van der Waals surface area (Å²) in [6.07, 6.45) is 14.8. The molecule has 0 bridgehead atoms. The second-order valence-electron chi connectivity index (χ2n) is 8.11. The molecule has 1 aliphatic rings. The molecule has 0 radical (unpaired) electrons. The van der Waals surface area contributed by atoms with Gasteiger partial charge in [0.2, 0.25) is 0 Å². The highest BCUT2D eigenvalue weighted by atomic mass is 16.5. The number of para-hydroxylation sites is 1. The second kappa shape index (κ2) is 11.9. The monoisotopic (exact) mass is 468 g/mol. The van der Waals surface area contributed by atoms with Gasteiger partial charge in [-0.1, -0.05) is 55.5 Å². The Morgan fingerprint density at radius 3 is 2.66 bits per heavy atom. The Labute approximate surface area is 206 Å². The van der Waals surface area contributed by atoms with Crippen LogP contribution in [0.25, 0.3) is 11.2 Å². The molecule has 1 fully saturated rings. The molecule has 1 saturated heterocycles. The van der Waals surface area contributed by atoms with Gasteiger partial charge in [0.25, 0.3) is 0 Å². The molecule has 0 unspecified atom stereocenters. The highest BCUT2D eigenvalue weighted by molar-refractivity contribution is 6.06. The number of fused-ring (bicyclic) bond motifs is 1. The molecule has 0 spiro atoms. The number of rotatable bonds is 9. The van der Waals surface area contributed by atoms with E-state index in [2.05, 4.69) is 41.4 Å². The quantitative estimate of drug-likeness (QED) is 0.321. The van der Waals surface area contributed by atoms with Crippen molar-refractivity contribution in [2.45, 2.75) is 20.3 Å². The van der Waals surface area contributed by atoms with Gasteiger partial charge < -0.3 is 15.0 Å². The summed E-state index contributed by atoms with van der Waals surface area (Å²) < 4.78 is 7.44. The van der Waals surface area contributed by atoms with E-state index < -0.39 is 0 Å². The Balaban J connectivity index is 1.71. The van der Waals surface area contributed by atoms with E-state index in [9.17, 15) is 0 Å². The van der Waals surface area contributed by atoms with Crippen molar-refractivity contribution in [1.82, 2.24) is 14.6 Å². The number of ether oxygens (including phenoxy) is 1. The van der Waals surface area contributed by atoms with Crippen LogP contribution in [-0.2, 0) is 4.74 Å². The average Bonchev–Trinajstić information content (AvgIpc) is 3.33. The summed E-state index contributed by atoms with van der Waals surface area (Å²) in [5.41, 5.74) is 4.45. The summed E-state index contributed by atoms with van der Waals surface area (Å²) in [4.78, 5) is 7.03. The first-order valence-electron chi connectivity index (χ1n) is 12.0. The lowest BCUT2D eigenvalue weighted by molar-refractivity contribution is 0.122. The molecule has 1 aliphatic heterocycles. The van der Waals surface area contributed by atoms with Crippen molar-refractivity contribution in [2.75, 3.05) is 36.5 Å². The number of morpholine rings is 1. The fraction of sp³-hybridized carbons (Fsp3) is 0.250. The summed E-state index contributed by atoms with van der Waals surface area (Å²) in [5, 5.41) is 16.8. The van der Waals surface area contributed by atoms with Crippen LogP contribution in [0.2, 0.25) is 0 Å². The van der Waals surface area contributed by atoms with E-state index in [0.29, 0.717) is 30.3 Å². The molecule has 7 heteroatoms. The van der Waals surface area contributed by atoms with Gasteiger partial charge in [0.15, 0.2) is 5.65 Å². The van der Waals surface area contributed by atoms with Crippen molar-refractivity contribution in [3.05, 3.63) is 96.5 Å². The van der Waals surface area contributed by atoms with Crippen LogP contribution >= 0.6 is 0 Å². The summed E-state index contributed by atoms with van der Waals surface area (Å²) in [6.45, 7) is 6.98. The molecule has 3 heterocycles. The largest absolute Gasteiger partial charge is 0.378 e. The highest BCUT2D eigenvalue weighted by Crippen LogP contribution is 2.23. The zero-order chi connectivity index (χ0) is 24.5. The fourth-order valence-corrected chi connectivity index (χ4v) is 3.81. The van der Waals surface area contributed by atoms with Crippen LogP contribution in [0.5, 0.6) is 0 Å². The lowest BCUT2D eigenvalue weighted by atomic mass is 10.1. The molecule has 4 rings (SSSR count). The number of anilines is 2. The number of nitrogens with zero attached hydrogens (tertiary/aromatic N) is 4. The number of benzene rings is 1. The molecule has 0 atom stereocenters. The minimum absolute atomic E-state index is 0.322. The van der Waals surface area contributed by atoms with Crippen molar-refractivity contribution >= 4 is 28.4 Å². The SMILES string of the molecule is C\C=C/C(=C\C=C\CC)c1cc2nc(C(=N)/C=C\Nc3ccccc3)cc(N3CCOCC3)n2n1. The van der Waals surface area contributed by atoms with Crippen molar-refractivity contribution < 1.29 is 4.74 Å². The van der Waals surface area contributed by atoms with Gasteiger partial charge in [-0.3, -0.25) is 5.41 Å². The van der Waals surface area contributed by atoms with Gasteiger partial charge in [-0.2, -0.15) is 9.61 Å². The topological polar surface area (TPSA) is 78.5 Å². The summed E-state index contributed by atoms with van der Waals surface area (Å²) >= 11 is 0. The number of hydrogen-bond donors (Lipinski definition) is 2. The zero-order valence-electron chi connectivity index (χ0n) is 20.3. The molecule has 2 aromatic heterocycles. The Kier molecular flexibility index (Phi) is 8.25. The molecule has 2 N–H and O–H groups in total. The van der Waals surface area contributed by atoms with Gasteiger partial charge in [-0.15, -0.1) is 0 Å². The summed E-state index contributed by atoms with van der Waals surface area (Å²) in [6, 6.07) is 13.8. The normalized spacial score (nSPS) is 15.1. The number of aromatic nitrogens is 3. The molecule has 7 nitrogen and oxygen atoms in total. The lowest BCUT2D eigenvalue weighted by Gasteiger charge is -2.29. The average molecular weight is 469 g/mol. The molecular weight excluding hydrogens is 436 g/mol. The van der Waals surface area contributed by atoms with Crippen molar-refractivity contribution in [3.63, 3.8) is 0 Å². The third-order valence-electron chi connectivity index (χ3n) is 5.58. The predicted octanol–water partition coefficient (Wildman–Crippen LogP) is 5.49. The van der Waals surface area contributed by atoms with Crippen LogP contribution < -0.4 is 10.2 Å². The first kappa shape index (κ1) is 24.2. The van der Waals surface area contributed by atoms with E-state index in [4.69, 9.17) is 20.2 Å². The van der Waals surface area contributed by atoms with Gasteiger partial charge in [0.05, 0.1) is 30.3 Å². The van der Waals surface area contributed by atoms with E-state index in [-0.39, 0.29) is 0 Å². The van der Waals surface area contributed by atoms with E-state index in [1.165, 1.54) is 0 Å². The molecule has 0 amide bonds. The Hall–Kier alpha value is -3.97. The Morgan fingerprint density at radius 1 is 1.11 bits per heavy atom. The van der Waals surface area contributed by atoms with Crippen LogP contribution in [0.4, 0.5) is 11.5 Å². The lowest BCUT2D eigenvalue weighted by Crippen LogP contribution is -2.37. The summed E-state index contributed by atoms with van der Waals surface area (Å²) in [5.74, 6) is 0.914. The zero-order valence-corrected chi connectivity index (χ0v) is 20.3. The minimum Gasteiger partial charge on any atom is -0.378 e. The second-order valence-corrected chi connectivity index (χ2v) is 8.11. The number of nitrogens with one attached hydrogen (secondary N) is 2. The van der Waals surface area contributed by atoms with Crippen LogP contribution in [0.15, 0.2) is 85.1 Å². The molecule has 0 saturated carbocycles. The van der Waals surface area contributed by atoms with Crippen LogP contribution in [-0.4, -0.2) is 46.6 Å². The highest BCUT2D eigenvalue weighted by Gasteiger charge is 2.19. The minimum atomic E-state index is 0.322. The van der Waals surface area contributed by atoms with Crippen molar-refractivity contribution in [1.29, 1.82) is 5.41 Å². The number of allylic oxidation sites excluding steroid dienone is 7. The van der Waals surface area contributed by atoms with Gasteiger partial charge >= 0.3 is 0 Å². The van der Waals surface area contributed by atoms with Gasteiger partial charge in [0.1, 0.15) is 5.82 Å². The van der Waals surface area contributed by atoms with Gasteiger partial charge in [-0.05, 0) is 31.6 Å². The van der Waals surface area contributed by atoms with Crippen molar-refractivity contribution in [3.8, 4) is 0 Å². The Morgan fingerprint density at radius 2 is 1.91 bits per heavy atom. The maximum absolute atomic E-state index is 8.66. The third-order valence-corrected chi connectivity index (χ3v) is 5.58. The van der Waals surface area contributed by atoms with E-state index in [1.807, 2.05) is 60.0 Å². The van der Waals surface area contributed by atoms with Crippen molar-refractivity contribution in [2.24, 2.45) is 0 Å². The molecule has 180 valence electrons. The van der Waals surface area contributed by atoms with E-state index >= 15 is 0 Å². The predicted molar refractivity (Wildman–Crippen MR) is 144 cm³/mol. The molecule has 35 heavy (non-hydrogen) atoms. The number of hydrogen-bond acceptors (Lipinski definition) is 6. The van der Waals surface area contributed by atoms with Crippen LogP contribution in [0, 0.1) is 5.41 Å². The standard InChI is InChI=1S/C28H32N6O/c1-3-5-7-11-22(10-4-2)25-20-27-31-26(24(29)14-15-30-23-12-8-6-9-13-23)21-28(34(27)32-25)33-16-18-35-19-17-33/h4-15,20-21,29-30H,3,16-19H2,1-2H3/b7-5+,10-4-,15-14-,22-11+,29-24?. The maximum atomic E-state index is 8.66. The molecular formula is C28H32N6O. The maximum Gasteiger partial charge on any atom is 0.158 e. The molecule has 3 aromatic rings. The van der Waals surface area contributed by atoms with E-state index in [1.54, 1.807) is 12.3 Å². The third kappa shape index (κ3) is 6.13. The molecule has 0 aliphatic carbocycles. The van der Waals surface area contributed by atoms with E-state index in [0.717, 1.165) is 42.3 Å². The van der Waals surface area contributed by atoms with Crippen LogP contribution in [0.3, 0.4) is 0 Å². The molecule has 1 aromatic carbocycles. The van der Waals surface area contributed by atoms with Gasteiger partial charge in [-0.25, -0.2) is 4.98 Å². The first-order valence-corrected chi connectivity index (χ1v) is 12.0. The van der Waals surface area contributed by atoms with Gasteiger partial charge in [0, 0.05) is 42.7 Å².